The quantitative estimate of drug-likeness (QED) is 0.0222. The minimum absolute atomic E-state index is 0.107. The van der Waals surface area contributed by atoms with Gasteiger partial charge in [-0.05, 0) is 31.6 Å². The summed E-state index contributed by atoms with van der Waals surface area (Å²) in [6, 6.07) is 0. The van der Waals surface area contributed by atoms with Gasteiger partial charge in [0.05, 0.1) is 26.4 Å². The number of esters is 4. The third-order valence-electron chi connectivity index (χ3n) is 16.3. The predicted octanol–water partition coefficient (Wildman–Crippen LogP) is 20.1. The van der Waals surface area contributed by atoms with E-state index in [2.05, 4.69) is 34.6 Å². The zero-order valence-electron chi connectivity index (χ0n) is 57.6. The minimum Gasteiger partial charge on any atom is -0.462 e. The molecule has 0 amide bonds. The van der Waals surface area contributed by atoms with E-state index < -0.39 is 97.5 Å². The van der Waals surface area contributed by atoms with Gasteiger partial charge in [-0.3, -0.25) is 37.3 Å². The van der Waals surface area contributed by atoms with Crippen LogP contribution in [0, 0.1) is 5.92 Å². The third kappa shape index (κ3) is 64.6. The number of carbonyl (C=O) groups excluding carboxylic acids is 4. The largest absolute Gasteiger partial charge is 0.472 e. The highest BCUT2D eigenvalue weighted by Crippen LogP contribution is 2.45. The zero-order valence-corrected chi connectivity index (χ0v) is 59.4. The summed E-state index contributed by atoms with van der Waals surface area (Å²) < 4.78 is 68.2. The molecule has 0 spiro atoms. The summed E-state index contributed by atoms with van der Waals surface area (Å²) >= 11 is 0. The Hall–Kier alpha value is -1.94. The number of unbranched alkanes of at least 4 members (excludes halogenated alkanes) is 42. The average molecular weight is 1310 g/mol. The first-order valence-corrected chi connectivity index (χ1v) is 39.6. The molecule has 0 saturated carbocycles. The van der Waals surface area contributed by atoms with Gasteiger partial charge in [-0.25, -0.2) is 9.13 Å². The molecular formula is C70H136O17P2. The van der Waals surface area contributed by atoms with E-state index in [9.17, 15) is 43.2 Å². The van der Waals surface area contributed by atoms with Crippen LogP contribution in [0.2, 0.25) is 0 Å². The number of rotatable bonds is 70. The number of carbonyl (C=O) groups is 4. The van der Waals surface area contributed by atoms with E-state index in [1.165, 1.54) is 180 Å². The van der Waals surface area contributed by atoms with E-state index >= 15 is 0 Å². The molecule has 0 aromatic heterocycles. The molecule has 0 radical (unpaired) electrons. The van der Waals surface area contributed by atoms with E-state index in [-0.39, 0.29) is 25.7 Å². The van der Waals surface area contributed by atoms with Crippen molar-refractivity contribution in [2.45, 2.75) is 380 Å². The highest BCUT2D eigenvalue weighted by atomic mass is 31.2. The zero-order chi connectivity index (χ0) is 65.6. The van der Waals surface area contributed by atoms with Gasteiger partial charge in [-0.1, -0.05) is 311 Å². The molecule has 0 saturated heterocycles. The van der Waals surface area contributed by atoms with Crippen LogP contribution in [0.3, 0.4) is 0 Å². The molecular weight excluding hydrogens is 1170 g/mol. The van der Waals surface area contributed by atoms with Crippen molar-refractivity contribution in [3.63, 3.8) is 0 Å². The van der Waals surface area contributed by atoms with Crippen LogP contribution < -0.4 is 0 Å². The summed E-state index contributed by atoms with van der Waals surface area (Å²) in [6.45, 7) is 7.24. The van der Waals surface area contributed by atoms with E-state index in [0.29, 0.717) is 25.7 Å². The van der Waals surface area contributed by atoms with Crippen molar-refractivity contribution in [2.24, 2.45) is 5.92 Å². The number of hydrogen-bond donors (Lipinski definition) is 3. The lowest BCUT2D eigenvalue weighted by molar-refractivity contribution is -0.161. The lowest BCUT2D eigenvalue weighted by Gasteiger charge is -2.21. The molecule has 0 aliphatic rings. The summed E-state index contributed by atoms with van der Waals surface area (Å²) in [5.74, 6) is -1.34. The van der Waals surface area contributed by atoms with Gasteiger partial charge in [0.1, 0.15) is 19.3 Å². The molecule has 0 rings (SSSR count). The normalized spacial score (nSPS) is 14.1. The molecule has 89 heavy (non-hydrogen) atoms. The van der Waals surface area contributed by atoms with Crippen LogP contribution in [-0.2, 0) is 65.4 Å². The maximum Gasteiger partial charge on any atom is 0.472 e. The Morgan fingerprint density at radius 3 is 0.764 bits per heavy atom. The van der Waals surface area contributed by atoms with Crippen LogP contribution in [-0.4, -0.2) is 96.7 Å². The number of phosphoric acid groups is 2. The third-order valence-corrected chi connectivity index (χ3v) is 18.2. The number of phosphoric ester groups is 2. The molecule has 0 aliphatic carbocycles. The Bertz CT molecular complexity index is 1720. The molecule has 0 aromatic carbocycles. The first-order valence-electron chi connectivity index (χ1n) is 36.6. The van der Waals surface area contributed by atoms with Crippen molar-refractivity contribution < 1.29 is 80.2 Å². The lowest BCUT2D eigenvalue weighted by Crippen LogP contribution is -2.30. The van der Waals surface area contributed by atoms with E-state index in [1.54, 1.807) is 0 Å². The molecule has 0 heterocycles. The minimum atomic E-state index is -4.95. The van der Waals surface area contributed by atoms with Crippen molar-refractivity contribution in [3.8, 4) is 0 Å². The lowest BCUT2D eigenvalue weighted by atomic mass is 10.0. The molecule has 17 nitrogen and oxygen atoms in total. The number of aliphatic hydroxyl groups is 1. The fourth-order valence-electron chi connectivity index (χ4n) is 10.6. The second kappa shape index (κ2) is 63.5. The predicted molar refractivity (Wildman–Crippen MR) is 358 cm³/mol. The van der Waals surface area contributed by atoms with Gasteiger partial charge in [-0.15, -0.1) is 0 Å². The summed E-state index contributed by atoms with van der Waals surface area (Å²) in [6.07, 6.45) is 49.8. The number of aliphatic hydroxyl groups excluding tert-OH is 1. The van der Waals surface area contributed by atoms with Crippen molar-refractivity contribution in [1.82, 2.24) is 0 Å². The maximum atomic E-state index is 13.0. The Morgan fingerprint density at radius 2 is 0.517 bits per heavy atom. The summed E-state index contributed by atoms with van der Waals surface area (Å²) in [7, 11) is -9.89. The standard InChI is InChI=1S/C70H136O17P2/c1-6-9-12-15-18-21-23-26-31-34-39-44-49-54-68(73)81-60-66(87-70(75)56-51-46-41-36-32-28-25-27-29-33-37-42-47-52-63(4)5)62-85-89(78,79)83-58-64(71)57-82-88(76,77)84-61-65(59-80-67(72)53-48-43-38-20-17-14-11-8-3)86-69(74)55-50-45-40-35-30-24-22-19-16-13-10-7-2/h63-66,71H,6-62H2,1-5H3,(H,76,77)(H,78,79)/t64-,65+,66+/m0/s1. The summed E-state index contributed by atoms with van der Waals surface area (Å²) in [4.78, 5) is 72.5. The molecule has 528 valence electrons. The highest BCUT2D eigenvalue weighted by molar-refractivity contribution is 7.47. The summed E-state index contributed by atoms with van der Waals surface area (Å²) in [5, 5.41) is 10.6. The fraction of sp³-hybridized carbons (Fsp3) is 0.943. The topological polar surface area (TPSA) is 237 Å². The average Bonchev–Trinajstić information content (AvgIpc) is 3.59. The van der Waals surface area contributed by atoms with Crippen LogP contribution in [0.15, 0.2) is 0 Å². The van der Waals surface area contributed by atoms with Gasteiger partial charge < -0.3 is 33.8 Å². The molecule has 0 aliphatic heterocycles. The van der Waals surface area contributed by atoms with Gasteiger partial charge >= 0.3 is 39.5 Å². The fourth-order valence-corrected chi connectivity index (χ4v) is 12.2. The molecule has 2 unspecified atom stereocenters. The van der Waals surface area contributed by atoms with Gasteiger partial charge in [0.15, 0.2) is 12.2 Å². The van der Waals surface area contributed by atoms with Crippen molar-refractivity contribution in [3.05, 3.63) is 0 Å². The first kappa shape index (κ1) is 87.1. The van der Waals surface area contributed by atoms with Crippen LogP contribution in [0.4, 0.5) is 0 Å². The van der Waals surface area contributed by atoms with Gasteiger partial charge in [0.25, 0.3) is 0 Å². The van der Waals surface area contributed by atoms with Crippen LogP contribution in [0.25, 0.3) is 0 Å². The second-order valence-electron chi connectivity index (χ2n) is 25.7. The molecule has 0 fully saturated rings. The molecule has 0 bridgehead atoms. The van der Waals surface area contributed by atoms with Gasteiger partial charge in [-0.2, -0.15) is 0 Å². The first-order chi connectivity index (χ1) is 43.0. The van der Waals surface area contributed by atoms with Crippen molar-refractivity contribution in [1.29, 1.82) is 0 Å². The highest BCUT2D eigenvalue weighted by Gasteiger charge is 2.30. The second-order valence-corrected chi connectivity index (χ2v) is 28.7. The molecule has 3 N–H and O–H groups in total. The Morgan fingerprint density at radius 1 is 0.303 bits per heavy atom. The van der Waals surface area contributed by atoms with E-state index in [0.717, 1.165) is 102 Å². The molecule has 0 aromatic rings. The summed E-state index contributed by atoms with van der Waals surface area (Å²) in [5.41, 5.74) is 0. The maximum absolute atomic E-state index is 13.0. The molecule has 19 heteroatoms. The van der Waals surface area contributed by atoms with Crippen LogP contribution in [0.5, 0.6) is 0 Å². The smallest absolute Gasteiger partial charge is 0.462 e. The van der Waals surface area contributed by atoms with E-state index in [1.807, 2.05) is 0 Å². The molecule has 5 atom stereocenters. The monoisotopic (exact) mass is 1310 g/mol. The van der Waals surface area contributed by atoms with Crippen molar-refractivity contribution in [2.75, 3.05) is 39.6 Å². The number of hydrogen-bond acceptors (Lipinski definition) is 15. The van der Waals surface area contributed by atoms with Crippen LogP contribution >= 0.6 is 15.6 Å². The van der Waals surface area contributed by atoms with Crippen molar-refractivity contribution >= 4 is 39.5 Å². The SMILES string of the molecule is CCCCCCCCCCCCCCCC(=O)OC[C@H](COP(=O)(O)OC[C@@H](O)COP(=O)(O)OC[C@@H](COC(=O)CCCCCCCCCC)OC(=O)CCCCCCCCCCCCCC)OC(=O)CCCCCCCCCCCCCCCC(C)C. The van der Waals surface area contributed by atoms with Gasteiger partial charge in [0.2, 0.25) is 0 Å². The Balaban J connectivity index is 5.22. The Kier molecular flexibility index (Phi) is 62.1. The van der Waals surface area contributed by atoms with E-state index in [4.69, 9.17) is 37.0 Å². The van der Waals surface area contributed by atoms with Gasteiger partial charge in [0, 0.05) is 25.7 Å². The number of ether oxygens (including phenoxy) is 4. The Labute approximate surface area is 543 Å². The van der Waals surface area contributed by atoms with Crippen LogP contribution in [0.1, 0.15) is 362 Å².